The van der Waals surface area contributed by atoms with Crippen LogP contribution in [-0.2, 0) is 16.6 Å². The highest BCUT2D eigenvalue weighted by molar-refractivity contribution is 7.89. The van der Waals surface area contributed by atoms with Gasteiger partial charge in [-0.25, -0.2) is 22.5 Å². The largest absolute Gasteiger partial charge is 0.306 e. The van der Waals surface area contributed by atoms with E-state index in [1.54, 1.807) is 18.7 Å². The molecule has 3 aromatic rings. The van der Waals surface area contributed by atoms with E-state index in [1.807, 2.05) is 28.8 Å². The molecule has 3 rings (SSSR count). The lowest BCUT2D eigenvalue weighted by atomic mass is 10.2. The van der Waals surface area contributed by atoms with Crippen molar-refractivity contribution in [3.8, 4) is 5.69 Å². The fourth-order valence-corrected chi connectivity index (χ4v) is 3.45. The molecule has 0 aliphatic rings. The zero-order chi connectivity index (χ0) is 17.2. The molecule has 5 nitrogen and oxygen atoms in total. The van der Waals surface area contributed by atoms with Gasteiger partial charge in [-0.2, -0.15) is 0 Å². The van der Waals surface area contributed by atoms with Crippen LogP contribution < -0.4 is 4.72 Å². The van der Waals surface area contributed by atoms with Gasteiger partial charge in [-0.05, 0) is 42.3 Å². The van der Waals surface area contributed by atoms with Gasteiger partial charge < -0.3 is 4.57 Å². The number of nitrogens with zero attached hydrogens (tertiary/aromatic N) is 2. The molecule has 0 spiro atoms. The molecule has 0 fully saturated rings. The molecule has 1 heterocycles. The summed E-state index contributed by atoms with van der Waals surface area (Å²) in [6, 6.07) is 11.2. The Hall–Kier alpha value is -2.51. The maximum absolute atomic E-state index is 13.3. The number of aromatic nitrogens is 2. The third-order valence-electron chi connectivity index (χ3n) is 3.67. The first-order valence-corrected chi connectivity index (χ1v) is 8.78. The zero-order valence-electron chi connectivity index (χ0n) is 13.0. The summed E-state index contributed by atoms with van der Waals surface area (Å²) in [5, 5.41) is 0. The topological polar surface area (TPSA) is 64.0 Å². The van der Waals surface area contributed by atoms with Crippen LogP contribution in [0.15, 0.2) is 66.1 Å². The van der Waals surface area contributed by atoms with Crippen molar-refractivity contribution < 1.29 is 12.8 Å². The van der Waals surface area contributed by atoms with E-state index in [4.69, 9.17) is 0 Å². The number of rotatable bonds is 5. The van der Waals surface area contributed by atoms with E-state index in [-0.39, 0.29) is 17.0 Å². The normalized spacial score (nSPS) is 11.6. The van der Waals surface area contributed by atoms with Crippen molar-refractivity contribution >= 4 is 10.0 Å². The summed E-state index contributed by atoms with van der Waals surface area (Å²) in [5.41, 5.74) is 1.93. The molecule has 0 amide bonds. The van der Waals surface area contributed by atoms with E-state index in [0.717, 1.165) is 17.3 Å². The monoisotopic (exact) mass is 345 g/mol. The van der Waals surface area contributed by atoms with Crippen LogP contribution in [0.25, 0.3) is 5.69 Å². The summed E-state index contributed by atoms with van der Waals surface area (Å²) in [4.78, 5) is 4.05. The second kappa shape index (κ2) is 6.54. The van der Waals surface area contributed by atoms with E-state index in [1.165, 1.54) is 19.1 Å². The van der Waals surface area contributed by atoms with Gasteiger partial charge in [-0.15, -0.1) is 0 Å². The number of para-hydroxylation sites is 1. The fraction of sp³-hybridized carbons (Fsp3) is 0.118. The summed E-state index contributed by atoms with van der Waals surface area (Å²) >= 11 is 0. The summed E-state index contributed by atoms with van der Waals surface area (Å²) in [6.07, 6.45) is 5.09. The molecule has 124 valence electrons. The second-order valence-electron chi connectivity index (χ2n) is 5.33. The van der Waals surface area contributed by atoms with E-state index >= 15 is 0 Å². The van der Waals surface area contributed by atoms with Crippen LogP contribution >= 0.6 is 0 Å². The maximum atomic E-state index is 13.3. The van der Waals surface area contributed by atoms with Gasteiger partial charge in [0.05, 0.1) is 16.9 Å². The van der Waals surface area contributed by atoms with E-state index in [0.29, 0.717) is 0 Å². The van der Waals surface area contributed by atoms with Crippen LogP contribution in [0.1, 0.15) is 11.1 Å². The number of hydrogen-bond acceptors (Lipinski definition) is 3. The number of nitrogens with one attached hydrogen (secondary N) is 1. The molecule has 0 aliphatic carbocycles. The molecule has 7 heteroatoms. The Morgan fingerprint density at radius 2 is 2.00 bits per heavy atom. The number of halogens is 1. The molecular weight excluding hydrogens is 329 g/mol. The molecule has 0 atom stereocenters. The second-order valence-corrected chi connectivity index (χ2v) is 7.10. The molecule has 0 saturated heterocycles. The third kappa shape index (κ3) is 3.37. The van der Waals surface area contributed by atoms with Crippen molar-refractivity contribution in [2.24, 2.45) is 0 Å². The smallest absolute Gasteiger partial charge is 0.240 e. The molecular formula is C17H16FN3O2S. The Morgan fingerprint density at radius 1 is 1.21 bits per heavy atom. The van der Waals surface area contributed by atoms with Gasteiger partial charge in [0.25, 0.3) is 0 Å². The van der Waals surface area contributed by atoms with Crippen LogP contribution in [0, 0.1) is 12.7 Å². The number of hydrogen-bond donors (Lipinski definition) is 1. The van der Waals surface area contributed by atoms with Gasteiger partial charge in [0, 0.05) is 18.9 Å². The lowest BCUT2D eigenvalue weighted by Gasteiger charge is -2.12. The van der Waals surface area contributed by atoms with Crippen LogP contribution in [0.5, 0.6) is 0 Å². The Kier molecular flexibility index (Phi) is 4.46. The molecule has 0 bridgehead atoms. The number of aryl methyl sites for hydroxylation is 1. The van der Waals surface area contributed by atoms with Crippen LogP contribution in [0.3, 0.4) is 0 Å². The maximum Gasteiger partial charge on any atom is 0.240 e. The number of sulfonamides is 1. The molecule has 1 N–H and O–H groups in total. The predicted molar refractivity (Wildman–Crippen MR) is 88.7 cm³/mol. The Morgan fingerprint density at radius 3 is 2.71 bits per heavy atom. The van der Waals surface area contributed by atoms with E-state index in [2.05, 4.69) is 9.71 Å². The molecule has 2 aromatic carbocycles. The first kappa shape index (κ1) is 16.4. The van der Waals surface area contributed by atoms with Gasteiger partial charge in [-0.3, -0.25) is 0 Å². The molecule has 0 saturated carbocycles. The van der Waals surface area contributed by atoms with Crippen molar-refractivity contribution in [2.75, 3.05) is 0 Å². The quantitative estimate of drug-likeness (QED) is 0.773. The third-order valence-corrected chi connectivity index (χ3v) is 5.07. The van der Waals surface area contributed by atoms with Crippen LogP contribution in [0.2, 0.25) is 0 Å². The van der Waals surface area contributed by atoms with Gasteiger partial charge >= 0.3 is 0 Å². The molecule has 1 aromatic heterocycles. The van der Waals surface area contributed by atoms with Crippen molar-refractivity contribution in [2.45, 2.75) is 18.4 Å². The van der Waals surface area contributed by atoms with E-state index in [9.17, 15) is 12.8 Å². The summed E-state index contributed by atoms with van der Waals surface area (Å²) < 4.78 is 42.5. The number of benzene rings is 2. The van der Waals surface area contributed by atoms with Crippen LogP contribution in [-0.4, -0.2) is 18.0 Å². The minimum atomic E-state index is -3.72. The highest BCUT2D eigenvalue weighted by atomic mass is 32.2. The minimum Gasteiger partial charge on any atom is -0.306 e. The first-order chi connectivity index (χ1) is 11.5. The Bertz CT molecular complexity index is 954. The predicted octanol–water partition coefficient (Wildman–Crippen LogP) is 2.80. The minimum absolute atomic E-state index is 0.0431. The van der Waals surface area contributed by atoms with Gasteiger partial charge in [0.2, 0.25) is 10.0 Å². The van der Waals surface area contributed by atoms with Crippen molar-refractivity contribution in [1.82, 2.24) is 14.3 Å². The van der Waals surface area contributed by atoms with Crippen LogP contribution in [0.4, 0.5) is 4.39 Å². The molecule has 0 unspecified atom stereocenters. The fourth-order valence-electron chi connectivity index (χ4n) is 2.35. The van der Waals surface area contributed by atoms with Gasteiger partial charge in [-0.1, -0.05) is 18.2 Å². The lowest BCUT2D eigenvalue weighted by Crippen LogP contribution is -2.24. The molecule has 24 heavy (non-hydrogen) atoms. The van der Waals surface area contributed by atoms with Crippen molar-refractivity contribution in [3.05, 3.63) is 78.1 Å². The molecule has 0 aliphatic heterocycles. The first-order valence-electron chi connectivity index (χ1n) is 7.29. The number of imidazole rings is 1. The Balaban J connectivity index is 1.84. The Labute approximate surface area is 139 Å². The van der Waals surface area contributed by atoms with Gasteiger partial charge in [0.1, 0.15) is 5.82 Å². The highest BCUT2D eigenvalue weighted by Gasteiger charge is 2.16. The summed E-state index contributed by atoms with van der Waals surface area (Å²) in [6.45, 7) is 1.65. The molecule has 0 radical (unpaired) electrons. The average Bonchev–Trinajstić information content (AvgIpc) is 3.10. The standard InChI is InChI=1S/C17H16FN3O2S/c1-13-10-15(6-7-16(13)18)24(22,23)20-11-14-4-2-3-5-17(14)21-9-8-19-12-21/h2-10,12,20H,11H2,1H3. The van der Waals surface area contributed by atoms with Crippen molar-refractivity contribution in [3.63, 3.8) is 0 Å². The summed E-state index contributed by atoms with van der Waals surface area (Å²) in [7, 11) is -3.72. The van der Waals surface area contributed by atoms with Crippen molar-refractivity contribution in [1.29, 1.82) is 0 Å². The van der Waals surface area contributed by atoms with E-state index < -0.39 is 15.8 Å². The summed E-state index contributed by atoms with van der Waals surface area (Å²) in [5.74, 6) is -0.431. The zero-order valence-corrected chi connectivity index (χ0v) is 13.8. The highest BCUT2D eigenvalue weighted by Crippen LogP contribution is 2.17. The average molecular weight is 345 g/mol. The lowest BCUT2D eigenvalue weighted by molar-refractivity contribution is 0.579. The SMILES string of the molecule is Cc1cc(S(=O)(=O)NCc2ccccc2-n2ccnc2)ccc1F. The van der Waals surface area contributed by atoms with Gasteiger partial charge in [0.15, 0.2) is 0 Å².